The Hall–Kier alpha value is -1.23. The van der Waals surface area contributed by atoms with Gasteiger partial charge >= 0.3 is 0 Å². The molecule has 0 N–H and O–H groups in total. The summed E-state index contributed by atoms with van der Waals surface area (Å²) in [5.74, 6) is 1.30. The molecule has 1 aromatic carbocycles. The molecule has 4 nitrogen and oxygen atoms in total. The highest BCUT2D eigenvalue weighted by atomic mass is 79.9. The van der Waals surface area contributed by atoms with Gasteiger partial charge in [-0.25, -0.2) is 0 Å². The molecule has 0 aliphatic carbocycles. The average Bonchev–Trinajstić information content (AvgIpc) is 2.78. The summed E-state index contributed by atoms with van der Waals surface area (Å²) in [4.78, 5) is 14.9. The highest BCUT2D eigenvalue weighted by Gasteiger charge is 2.27. The van der Waals surface area contributed by atoms with Gasteiger partial charge in [0.1, 0.15) is 11.5 Å². The molecule has 1 unspecified atom stereocenters. The van der Waals surface area contributed by atoms with Crippen LogP contribution in [0.25, 0.3) is 0 Å². The number of methoxy groups -OCH3 is 2. The van der Waals surface area contributed by atoms with Gasteiger partial charge in [-0.2, -0.15) is 0 Å². The lowest BCUT2D eigenvalue weighted by molar-refractivity contribution is 0.0699. The fraction of sp³-hybridized carbons (Fsp3) is 0.562. The van der Waals surface area contributed by atoms with Crippen LogP contribution < -0.4 is 9.47 Å². The first kappa shape index (κ1) is 16.1. The minimum atomic E-state index is 0.0425. The third-order valence-electron chi connectivity index (χ3n) is 3.96. The second-order valence-corrected chi connectivity index (χ2v) is 5.87. The molecule has 1 saturated heterocycles. The number of ether oxygens (including phenoxy) is 2. The van der Waals surface area contributed by atoms with Crippen LogP contribution in [0.2, 0.25) is 0 Å². The molecular weight excluding hydrogens is 334 g/mol. The predicted octanol–water partition coefficient (Wildman–Crippen LogP) is 3.48. The molecule has 1 heterocycles. The van der Waals surface area contributed by atoms with Crippen LogP contribution in [0.1, 0.15) is 36.0 Å². The molecular formula is C16H22BrNO3. The molecule has 1 amide bonds. The van der Waals surface area contributed by atoms with Crippen LogP contribution in [-0.2, 0) is 0 Å². The summed E-state index contributed by atoms with van der Waals surface area (Å²) >= 11 is 3.54. The van der Waals surface area contributed by atoms with Crippen molar-refractivity contribution in [1.82, 2.24) is 4.90 Å². The molecule has 1 atom stereocenters. The summed E-state index contributed by atoms with van der Waals surface area (Å²) in [7, 11) is 3.18. The van der Waals surface area contributed by atoms with Crippen LogP contribution in [0.3, 0.4) is 0 Å². The highest BCUT2D eigenvalue weighted by molar-refractivity contribution is 9.09. The van der Waals surface area contributed by atoms with Crippen LogP contribution in [0, 0.1) is 0 Å². The zero-order chi connectivity index (χ0) is 15.2. The van der Waals surface area contributed by atoms with E-state index in [0.717, 1.165) is 24.7 Å². The largest absolute Gasteiger partial charge is 0.497 e. The number of nitrogens with zero attached hydrogens (tertiary/aromatic N) is 1. The maximum absolute atomic E-state index is 12.9. The maximum atomic E-state index is 12.9. The number of amides is 1. The van der Waals surface area contributed by atoms with Crippen molar-refractivity contribution >= 4 is 21.8 Å². The predicted molar refractivity (Wildman–Crippen MR) is 86.6 cm³/mol. The van der Waals surface area contributed by atoms with Crippen molar-refractivity contribution < 1.29 is 14.3 Å². The molecule has 1 aliphatic heterocycles. The van der Waals surface area contributed by atoms with E-state index in [1.54, 1.807) is 32.4 Å². The molecule has 0 saturated carbocycles. The van der Waals surface area contributed by atoms with E-state index in [2.05, 4.69) is 15.9 Å². The van der Waals surface area contributed by atoms with E-state index >= 15 is 0 Å². The third-order valence-corrected chi connectivity index (χ3v) is 4.70. The standard InChI is InChI=1S/C16H22BrNO3/c1-20-13-7-8-14(15(10-13)21-2)16(19)18-9-5-3-4-6-12(18)11-17/h7-8,10,12H,3-6,9,11H2,1-2H3. The van der Waals surface area contributed by atoms with E-state index in [1.165, 1.54) is 12.8 Å². The van der Waals surface area contributed by atoms with Gasteiger partial charge in [-0.3, -0.25) is 4.79 Å². The summed E-state index contributed by atoms with van der Waals surface area (Å²) in [6, 6.07) is 5.60. The number of carbonyl (C=O) groups excluding carboxylic acids is 1. The molecule has 0 aromatic heterocycles. The SMILES string of the molecule is COc1ccc(C(=O)N2CCCCCC2CBr)c(OC)c1. The maximum Gasteiger partial charge on any atom is 0.257 e. The van der Waals surface area contributed by atoms with Gasteiger partial charge < -0.3 is 14.4 Å². The Morgan fingerprint density at radius 3 is 2.76 bits per heavy atom. The fourth-order valence-electron chi connectivity index (χ4n) is 2.74. The van der Waals surface area contributed by atoms with Gasteiger partial charge in [0.2, 0.25) is 0 Å². The zero-order valence-corrected chi connectivity index (χ0v) is 14.2. The number of hydrogen-bond donors (Lipinski definition) is 0. The van der Waals surface area contributed by atoms with E-state index in [4.69, 9.17) is 9.47 Å². The molecule has 5 heteroatoms. The normalized spacial score (nSPS) is 19.0. The van der Waals surface area contributed by atoms with Gasteiger partial charge in [0.15, 0.2) is 0 Å². The van der Waals surface area contributed by atoms with Crippen molar-refractivity contribution in [1.29, 1.82) is 0 Å². The number of benzene rings is 1. The van der Waals surface area contributed by atoms with Crippen LogP contribution in [0.5, 0.6) is 11.5 Å². The highest BCUT2D eigenvalue weighted by Crippen LogP contribution is 2.28. The van der Waals surface area contributed by atoms with Crippen LogP contribution in [0.15, 0.2) is 18.2 Å². The van der Waals surface area contributed by atoms with Crippen molar-refractivity contribution in [3.8, 4) is 11.5 Å². The topological polar surface area (TPSA) is 38.8 Å². The Kier molecular flexibility index (Phi) is 5.91. The first-order chi connectivity index (χ1) is 10.2. The number of alkyl halides is 1. The number of likely N-dealkylation sites (tertiary alicyclic amines) is 1. The van der Waals surface area contributed by atoms with E-state index in [1.807, 2.05) is 4.90 Å². The molecule has 0 spiro atoms. The Labute approximate surface area is 134 Å². The summed E-state index contributed by atoms with van der Waals surface area (Å²) in [5, 5.41) is 0.817. The number of carbonyl (C=O) groups is 1. The summed E-state index contributed by atoms with van der Waals surface area (Å²) in [6.07, 6.45) is 4.48. The first-order valence-corrected chi connectivity index (χ1v) is 8.42. The van der Waals surface area contributed by atoms with Crippen molar-refractivity contribution in [3.05, 3.63) is 23.8 Å². The molecule has 2 rings (SSSR count). The van der Waals surface area contributed by atoms with E-state index in [-0.39, 0.29) is 11.9 Å². The summed E-state index contributed by atoms with van der Waals surface area (Å²) < 4.78 is 10.5. The quantitative estimate of drug-likeness (QED) is 0.776. The minimum absolute atomic E-state index is 0.0425. The second-order valence-electron chi connectivity index (χ2n) is 5.22. The van der Waals surface area contributed by atoms with Crippen molar-refractivity contribution in [2.45, 2.75) is 31.7 Å². The smallest absolute Gasteiger partial charge is 0.257 e. The fourth-order valence-corrected chi connectivity index (χ4v) is 3.41. The molecule has 0 radical (unpaired) electrons. The Morgan fingerprint density at radius 2 is 2.10 bits per heavy atom. The van der Waals surface area contributed by atoms with Gasteiger partial charge in [-0.05, 0) is 25.0 Å². The average molecular weight is 356 g/mol. The Bertz CT molecular complexity index is 492. The lowest BCUT2D eigenvalue weighted by Crippen LogP contribution is -2.41. The van der Waals surface area contributed by atoms with Crippen molar-refractivity contribution in [2.24, 2.45) is 0 Å². The van der Waals surface area contributed by atoms with Gasteiger partial charge in [0.25, 0.3) is 5.91 Å². The molecule has 116 valence electrons. The van der Waals surface area contributed by atoms with Gasteiger partial charge in [-0.1, -0.05) is 28.8 Å². The monoisotopic (exact) mass is 355 g/mol. The summed E-state index contributed by atoms with van der Waals surface area (Å²) in [6.45, 7) is 0.810. The molecule has 1 fully saturated rings. The lowest BCUT2D eigenvalue weighted by atomic mass is 10.1. The van der Waals surface area contributed by atoms with E-state index in [9.17, 15) is 4.79 Å². The molecule has 21 heavy (non-hydrogen) atoms. The van der Waals surface area contributed by atoms with Gasteiger partial charge in [0, 0.05) is 24.0 Å². The lowest BCUT2D eigenvalue weighted by Gasteiger charge is -2.29. The summed E-state index contributed by atoms with van der Waals surface area (Å²) in [5.41, 5.74) is 0.603. The van der Waals surface area contributed by atoms with Crippen LogP contribution >= 0.6 is 15.9 Å². The molecule has 1 aliphatic rings. The van der Waals surface area contributed by atoms with E-state index in [0.29, 0.717) is 17.1 Å². The van der Waals surface area contributed by atoms with Crippen molar-refractivity contribution in [2.75, 3.05) is 26.1 Å². The number of rotatable bonds is 4. The van der Waals surface area contributed by atoms with Crippen LogP contribution in [-0.4, -0.2) is 42.9 Å². The number of halogens is 1. The van der Waals surface area contributed by atoms with Gasteiger partial charge in [-0.15, -0.1) is 0 Å². The zero-order valence-electron chi connectivity index (χ0n) is 12.6. The molecule has 0 bridgehead atoms. The van der Waals surface area contributed by atoms with Crippen LogP contribution in [0.4, 0.5) is 0 Å². The first-order valence-electron chi connectivity index (χ1n) is 7.30. The van der Waals surface area contributed by atoms with E-state index < -0.39 is 0 Å². The Balaban J connectivity index is 2.29. The van der Waals surface area contributed by atoms with Crippen molar-refractivity contribution in [3.63, 3.8) is 0 Å². The minimum Gasteiger partial charge on any atom is -0.497 e. The Morgan fingerprint density at radius 1 is 1.29 bits per heavy atom. The molecule has 1 aromatic rings. The third kappa shape index (κ3) is 3.70. The van der Waals surface area contributed by atoms with Gasteiger partial charge in [0.05, 0.1) is 19.8 Å². The number of hydrogen-bond acceptors (Lipinski definition) is 3. The second kappa shape index (κ2) is 7.69.